The summed E-state index contributed by atoms with van der Waals surface area (Å²) in [6.45, 7) is 0. The van der Waals surface area contributed by atoms with Crippen molar-refractivity contribution in [2.45, 2.75) is 43.0 Å². The predicted octanol–water partition coefficient (Wildman–Crippen LogP) is 3.55. The summed E-state index contributed by atoms with van der Waals surface area (Å²) >= 11 is 3.35. The summed E-state index contributed by atoms with van der Waals surface area (Å²) in [5.41, 5.74) is 0. The zero-order valence-corrected chi connectivity index (χ0v) is 14.2. The maximum Gasteiger partial charge on any atom is 0.240 e. The average molecular weight is 370 g/mol. The van der Waals surface area contributed by atoms with E-state index in [0.717, 1.165) is 16.3 Å². The van der Waals surface area contributed by atoms with Gasteiger partial charge in [-0.3, -0.25) is 0 Å². The molecule has 0 spiro atoms. The van der Waals surface area contributed by atoms with Crippen LogP contribution < -0.4 is 4.72 Å². The van der Waals surface area contributed by atoms with Gasteiger partial charge in [0.25, 0.3) is 0 Å². The Bertz CT molecular complexity index is 613. The Labute approximate surface area is 134 Å². The largest absolute Gasteiger partial charge is 0.240 e. The minimum absolute atomic E-state index is 0.159. The third kappa shape index (κ3) is 2.57. The first-order valence-electron chi connectivity index (χ1n) is 7.79. The van der Waals surface area contributed by atoms with Crippen molar-refractivity contribution in [3.8, 4) is 0 Å². The molecule has 0 radical (unpaired) electrons. The van der Waals surface area contributed by atoms with E-state index in [9.17, 15) is 8.42 Å². The monoisotopic (exact) mass is 369 g/mol. The topological polar surface area (TPSA) is 46.2 Å². The van der Waals surface area contributed by atoms with Gasteiger partial charge in [0.1, 0.15) is 0 Å². The SMILES string of the molecule is O=S(=O)(NC1C2CC3CC(C2)CC1C3)c1ccc(Br)cc1. The van der Waals surface area contributed by atoms with Crippen molar-refractivity contribution in [1.29, 1.82) is 0 Å². The molecule has 4 bridgehead atoms. The van der Waals surface area contributed by atoms with Gasteiger partial charge < -0.3 is 0 Å². The first-order chi connectivity index (χ1) is 10.0. The molecule has 0 saturated heterocycles. The van der Waals surface area contributed by atoms with Crippen LogP contribution in [0.3, 0.4) is 0 Å². The van der Waals surface area contributed by atoms with Crippen molar-refractivity contribution < 1.29 is 8.42 Å². The molecule has 114 valence electrons. The first kappa shape index (κ1) is 14.2. The molecule has 3 nitrogen and oxygen atoms in total. The average Bonchev–Trinajstić information content (AvgIpc) is 2.42. The summed E-state index contributed by atoms with van der Waals surface area (Å²) in [5, 5.41) is 0. The van der Waals surface area contributed by atoms with Gasteiger partial charge in [0.15, 0.2) is 0 Å². The molecule has 0 amide bonds. The van der Waals surface area contributed by atoms with E-state index >= 15 is 0 Å². The second-order valence-electron chi connectivity index (χ2n) is 7.03. The normalized spacial score (nSPS) is 37.9. The van der Waals surface area contributed by atoms with Gasteiger partial charge in [0, 0.05) is 10.5 Å². The summed E-state index contributed by atoms with van der Waals surface area (Å²) in [4.78, 5) is 0.375. The molecule has 0 aliphatic heterocycles. The minimum atomic E-state index is -3.39. The van der Waals surface area contributed by atoms with E-state index in [1.807, 2.05) is 0 Å². The fourth-order valence-electron chi connectivity index (χ4n) is 4.98. The highest BCUT2D eigenvalue weighted by atomic mass is 79.9. The van der Waals surface area contributed by atoms with Gasteiger partial charge in [-0.2, -0.15) is 0 Å². The van der Waals surface area contributed by atoms with Gasteiger partial charge in [-0.25, -0.2) is 13.1 Å². The van der Waals surface area contributed by atoms with E-state index in [2.05, 4.69) is 20.7 Å². The number of nitrogens with one attached hydrogen (secondary N) is 1. The first-order valence-corrected chi connectivity index (χ1v) is 10.1. The number of rotatable bonds is 3. The Morgan fingerprint density at radius 3 is 1.95 bits per heavy atom. The van der Waals surface area contributed by atoms with Crippen LogP contribution in [0.5, 0.6) is 0 Å². The maximum absolute atomic E-state index is 12.6. The van der Waals surface area contributed by atoms with E-state index in [0.29, 0.717) is 16.7 Å². The van der Waals surface area contributed by atoms with Gasteiger partial charge in [0.05, 0.1) is 4.90 Å². The summed E-state index contributed by atoms with van der Waals surface area (Å²) in [6, 6.07) is 7.06. The smallest absolute Gasteiger partial charge is 0.208 e. The van der Waals surface area contributed by atoms with Gasteiger partial charge in [-0.15, -0.1) is 0 Å². The summed E-state index contributed by atoms with van der Waals surface area (Å²) < 4.78 is 29.1. The lowest BCUT2D eigenvalue weighted by Gasteiger charge is -2.54. The number of hydrogen-bond acceptors (Lipinski definition) is 2. The lowest BCUT2D eigenvalue weighted by molar-refractivity contribution is -0.00557. The molecule has 1 N–H and O–H groups in total. The van der Waals surface area contributed by atoms with Gasteiger partial charge >= 0.3 is 0 Å². The molecule has 4 fully saturated rings. The number of halogens is 1. The van der Waals surface area contributed by atoms with Crippen molar-refractivity contribution in [3.63, 3.8) is 0 Å². The van der Waals surface area contributed by atoms with Crippen LogP contribution in [0.1, 0.15) is 32.1 Å². The Morgan fingerprint density at radius 1 is 0.905 bits per heavy atom. The van der Waals surface area contributed by atoms with Crippen molar-refractivity contribution in [3.05, 3.63) is 28.7 Å². The molecule has 1 aromatic rings. The summed E-state index contributed by atoms with van der Waals surface area (Å²) in [6.07, 6.45) is 6.28. The molecule has 5 rings (SSSR count). The van der Waals surface area contributed by atoms with Gasteiger partial charge in [-0.05, 0) is 80.0 Å². The molecule has 4 aliphatic carbocycles. The molecule has 0 aromatic heterocycles. The van der Waals surface area contributed by atoms with Gasteiger partial charge in [0.2, 0.25) is 10.0 Å². The molecule has 0 atom stereocenters. The van der Waals surface area contributed by atoms with Crippen LogP contribution in [0.4, 0.5) is 0 Å². The molecule has 4 saturated carbocycles. The highest BCUT2D eigenvalue weighted by molar-refractivity contribution is 9.10. The molecule has 0 unspecified atom stereocenters. The zero-order valence-electron chi connectivity index (χ0n) is 11.8. The van der Waals surface area contributed by atoms with Crippen LogP contribution in [0.2, 0.25) is 0 Å². The van der Waals surface area contributed by atoms with E-state index in [1.165, 1.54) is 32.1 Å². The quantitative estimate of drug-likeness (QED) is 0.885. The van der Waals surface area contributed by atoms with Crippen LogP contribution in [-0.2, 0) is 10.0 Å². The van der Waals surface area contributed by atoms with E-state index in [-0.39, 0.29) is 6.04 Å². The van der Waals surface area contributed by atoms with Crippen molar-refractivity contribution in [2.75, 3.05) is 0 Å². The van der Waals surface area contributed by atoms with Crippen molar-refractivity contribution >= 4 is 26.0 Å². The van der Waals surface area contributed by atoms with E-state index in [4.69, 9.17) is 0 Å². The lowest BCUT2D eigenvalue weighted by atomic mass is 9.54. The Balaban J connectivity index is 1.56. The predicted molar refractivity (Wildman–Crippen MR) is 85.3 cm³/mol. The highest BCUT2D eigenvalue weighted by Gasteiger charge is 2.49. The molecule has 1 aromatic carbocycles. The Hall–Kier alpha value is -0.390. The molecule has 4 aliphatic rings. The third-order valence-corrected chi connectivity index (χ3v) is 7.65. The second-order valence-corrected chi connectivity index (χ2v) is 9.66. The number of benzene rings is 1. The van der Waals surface area contributed by atoms with E-state index in [1.54, 1.807) is 24.3 Å². The molecular weight excluding hydrogens is 350 g/mol. The van der Waals surface area contributed by atoms with Crippen LogP contribution >= 0.6 is 15.9 Å². The molecule has 0 heterocycles. The standard InChI is InChI=1S/C16H20BrNO2S/c17-14-1-3-15(4-2-14)21(19,20)18-16-12-6-10-5-11(8-12)9-13(16)7-10/h1-4,10-13,16,18H,5-9H2. The van der Waals surface area contributed by atoms with Crippen LogP contribution in [0.15, 0.2) is 33.6 Å². The fraction of sp³-hybridized carbons (Fsp3) is 0.625. The maximum atomic E-state index is 12.6. The fourth-order valence-corrected chi connectivity index (χ4v) is 6.62. The Morgan fingerprint density at radius 2 is 1.43 bits per heavy atom. The molecule has 21 heavy (non-hydrogen) atoms. The highest BCUT2D eigenvalue weighted by Crippen LogP contribution is 2.53. The van der Waals surface area contributed by atoms with Crippen molar-refractivity contribution in [1.82, 2.24) is 4.72 Å². The second kappa shape index (κ2) is 5.07. The summed E-state index contributed by atoms with van der Waals surface area (Å²) in [7, 11) is -3.39. The molecule has 5 heteroatoms. The number of hydrogen-bond donors (Lipinski definition) is 1. The molecular formula is C16H20BrNO2S. The third-order valence-electron chi connectivity index (χ3n) is 5.64. The van der Waals surface area contributed by atoms with Crippen molar-refractivity contribution in [2.24, 2.45) is 23.7 Å². The van der Waals surface area contributed by atoms with Gasteiger partial charge in [-0.1, -0.05) is 15.9 Å². The minimum Gasteiger partial charge on any atom is -0.208 e. The van der Waals surface area contributed by atoms with E-state index < -0.39 is 10.0 Å². The van der Waals surface area contributed by atoms with Crippen LogP contribution in [0.25, 0.3) is 0 Å². The number of sulfonamides is 1. The lowest BCUT2D eigenvalue weighted by Crippen LogP contribution is -2.55. The summed E-state index contributed by atoms with van der Waals surface area (Å²) in [5.74, 6) is 2.85. The zero-order chi connectivity index (χ0) is 14.6. The van der Waals surface area contributed by atoms with Crippen LogP contribution in [-0.4, -0.2) is 14.5 Å². The van der Waals surface area contributed by atoms with Crippen LogP contribution in [0, 0.1) is 23.7 Å². The Kier molecular flexibility index (Phi) is 3.43.